The lowest BCUT2D eigenvalue weighted by molar-refractivity contribution is -0.137. The number of ether oxygens (including phenoxy) is 1. The predicted molar refractivity (Wildman–Crippen MR) is 284 cm³/mol. The highest BCUT2D eigenvalue weighted by Gasteiger charge is 2.03. The molecule has 6 rings (SSSR count). The largest absolute Gasteiger partial charge is 0.463 e. The summed E-state index contributed by atoms with van der Waals surface area (Å²) in [6, 6.07) is 59.8. The number of allylic oxidation sites excluding steroid dienone is 3. The molecule has 0 bridgehead atoms. The van der Waals surface area contributed by atoms with E-state index in [0.717, 1.165) is 46.6 Å². The average Bonchev–Trinajstić information content (AvgIpc) is 3.37. The van der Waals surface area contributed by atoms with Gasteiger partial charge in [-0.1, -0.05) is 208 Å². The van der Waals surface area contributed by atoms with Gasteiger partial charge in [0.1, 0.15) is 0 Å². The number of aliphatic hydroxyl groups is 3. The van der Waals surface area contributed by atoms with Gasteiger partial charge >= 0.3 is 5.97 Å². The highest BCUT2D eigenvalue weighted by molar-refractivity contribution is 6.17. The Labute approximate surface area is 407 Å². The Morgan fingerprint density at radius 1 is 0.493 bits per heavy atom. The van der Waals surface area contributed by atoms with Gasteiger partial charge in [-0.05, 0) is 104 Å². The van der Waals surface area contributed by atoms with Crippen molar-refractivity contribution in [1.82, 2.24) is 0 Å². The zero-order chi connectivity index (χ0) is 49.5. The van der Waals surface area contributed by atoms with Crippen molar-refractivity contribution in [1.29, 1.82) is 0 Å². The van der Waals surface area contributed by atoms with Crippen molar-refractivity contribution in [2.75, 3.05) is 32.3 Å². The highest BCUT2D eigenvalue weighted by Crippen LogP contribution is 2.19. The van der Waals surface area contributed by atoms with Crippen molar-refractivity contribution >= 4 is 40.1 Å². The standard InChI is InChI=1S/C12H14O2.C10H13Cl.C10H14O.2C10H12O.C8H8O/c1-3-14-12(13)9-10(2)11-7-5-4-6-8-11;4*1-9(7-8-11)10-5-3-2-4-6-10;1-7(9)8-5-3-2-4-6-8/h4-9H,3H2,1-2H3;2-6,9H,7-8H2,1H3;2-6,9,11H,7-8H2,1H3;2*2-7,11H,8H2,1H3;2-6H,1H3/b10-9+;;;2*9-7+;. The zero-order valence-electron chi connectivity index (χ0n) is 40.6. The molecular formula is C60H73ClO6. The van der Waals surface area contributed by atoms with Gasteiger partial charge in [-0.3, -0.25) is 4.79 Å². The molecule has 6 aromatic rings. The Kier molecular flexibility index (Phi) is 33.4. The number of hydrogen-bond acceptors (Lipinski definition) is 6. The second-order valence-electron chi connectivity index (χ2n) is 15.4. The third-order valence-corrected chi connectivity index (χ3v) is 10.3. The van der Waals surface area contributed by atoms with Crippen molar-refractivity contribution < 1.29 is 29.6 Å². The molecule has 6 nitrogen and oxygen atoms in total. The maximum absolute atomic E-state index is 11.1. The number of hydrogen-bond donors (Lipinski definition) is 3. The molecule has 0 radical (unpaired) electrons. The lowest BCUT2D eigenvalue weighted by atomic mass is 9.99. The topological polar surface area (TPSA) is 104 Å². The number of benzene rings is 6. The van der Waals surface area contributed by atoms with Crippen LogP contribution in [0.3, 0.4) is 0 Å². The summed E-state index contributed by atoms with van der Waals surface area (Å²) < 4.78 is 4.82. The SMILES string of the molecule is C/C(=C\CO)c1ccccc1.C/C(=C\CO)c1ccccc1.CC(=O)c1ccccc1.CC(CCCl)c1ccccc1.CC(CCO)c1ccccc1.CCOC(=O)/C=C(\C)c1ccccc1. The Morgan fingerprint density at radius 3 is 1.09 bits per heavy atom. The molecule has 0 fully saturated rings. The summed E-state index contributed by atoms with van der Waals surface area (Å²) in [6.07, 6.45) is 7.03. The molecule has 67 heavy (non-hydrogen) atoms. The van der Waals surface area contributed by atoms with Crippen LogP contribution in [0.4, 0.5) is 0 Å². The van der Waals surface area contributed by atoms with Crippen LogP contribution in [0.2, 0.25) is 0 Å². The fourth-order valence-corrected chi connectivity index (χ4v) is 6.31. The summed E-state index contributed by atoms with van der Waals surface area (Å²) in [5.41, 5.74) is 10.0. The van der Waals surface area contributed by atoms with Crippen LogP contribution in [-0.4, -0.2) is 59.4 Å². The maximum atomic E-state index is 11.1. The average molecular weight is 926 g/mol. The quantitative estimate of drug-likeness (QED) is 0.0435. The number of Topliss-reactive ketones (excluding diaryl/α,β-unsaturated/α-hetero) is 1. The molecule has 2 unspecified atom stereocenters. The number of carbonyl (C=O) groups excluding carboxylic acids is 2. The van der Waals surface area contributed by atoms with E-state index in [0.29, 0.717) is 18.4 Å². The molecular weight excluding hydrogens is 852 g/mol. The van der Waals surface area contributed by atoms with E-state index >= 15 is 0 Å². The van der Waals surface area contributed by atoms with E-state index in [1.165, 1.54) is 28.3 Å². The van der Waals surface area contributed by atoms with Gasteiger partial charge in [0.15, 0.2) is 5.78 Å². The molecule has 356 valence electrons. The van der Waals surface area contributed by atoms with Gasteiger partial charge < -0.3 is 20.1 Å². The molecule has 0 heterocycles. The Balaban J connectivity index is 0.000000404. The minimum absolute atomic E-state index is 0.112. The van der Waals surface area contributed by atoms with Gasteiger partial charge in [0.25, 0.3) is 0 Å². The monoisotopic (exact) mass is 925 g/mol. The van der Waals surface area contributed by atoms with Crippen LogP contribution >= 0.6 is 11.6 Å². The highest BCUT2D eigenvalue weighted by atomic mass is 35.5. The van der Waals surface area contributed by atoms with Gasteiger partial charge in [-0.15, -0.1) is 11.6 Å². The van der Waals surface area contributed by atoms with E-state index in [1.807, 2.05) is 166 Å². The molecule has 0 aliphatic heterocycles. The predicted octanol–water partition coefficient (Wildman–Crippen LogP) is 14.3. The lowest BCUT2D eigenvalue weighted by Crippen LogP contribution is -2.00. The van der Waals surface area contributed by atoms with Crippen LogP contribution in [0, 0.1) is 0 Å². The second kappa shape index (κ2) is 38.0. The Hall–Kier alpha value is -6.15. The summed E-state index contributed by atoms with van der Waals surface area (Å²) in [5, 5.41) is 25.9. The molecule has 0 amide bonds. The number of alkyl halides is 1. The first-order valence-electron chi connectivity index (χ1n) is 22.8. The summed E-state index contributed by atoms with van der Waals surface area (Å²) in [5.74, 6) is 1.65. The summed E-state index contributed by atoms with van der Waals surface area (Å²) >= 11 is 5.65. The summed E-state index contributed by atoms with van der Waals surface area (Å²) in [6.45, 7) is 14.5. The summed E-state index contributed by atoms with van der Waals surface area (Å²) in [4.78, 5) is 21.8. The first-order chi connectivity index (χ1) is 32.4. The smallest absolute Gasteiger partial charge is 0.331 e. The number of carbonyl (C=O) groups is 2. The van der Waals surface area contributed by atoms with E-state index in [2.05, 4.69) is 50.2 Å². The Morgan fingerprint density at radius 2 is 0.806 bits per heavy atom. The third kappa shape index (κ3) is 27.8. The van der Waals surface area contributed by atoms with Gasteiger partial charge in [0, 0.05) is 24.1 Å². The fraction of sp³-hybridized carbons (Fsp3) is 0.267. The Bertz CT molecular complexity index is 2120. The van der Waals surface area contributed by atoms with E-state index in [1.54, 1.807) is 26.0 Å². The lowest BCUT2D eigenvalue weighted by Gasteiger charge is -2.08. The van der Waals surface area contributed by atoms with Crippen molar-refractivity contribution in [2.45, 2.75) is 73.1 Å². The van der Waals surface area contributed by atoms with Crippen LogP contribution in [0.5, 0.6) is 0 Å². The third-order valence-electron chi connectivity index (χ3n) is 10.1. The van der Waals surface area contributed by atoms with E-state index in [-0.39, 0.29) is 31.6 Å². The van der Waals surface area contributed by atoms with Gasteiger partial charge in [0.2, 0.25) is 0 Å². The van der Waals surface area contributed by atoms with E-state index < -0.39 is 0 Å². The molecule has 0 aliphatic carbocycles. The number of esters is 1. The number of ketones is 1. The molecule has 0 aliphatic rings. The van der Waals surface area contributed by atoms with Crippen LogP contribution in [0.15, 0.2) is 200 Å². The van der Waals surface area contributed by atoms with Gasteiger partial charge in [-0.2, -0.15) is 0 Å². The first-order valence-corrected chi connectivity index (χ1v) is 23.3. The minimum Gasteiger partial charge on any atom is -0.463 e. The molecule has 0 aromatic heterocycles. The maximum Gasteiger partial charge on any atom is 0.331 e. The number of rotatable bonds is 14. The van der Waals surface area contributed by atoms with Crippen LogP contribution in [-0.2, 0) is 9.53 Å². The van der Waals surface area contributed by atoms with Crippen molar-refractivity contribution in [3.05, 3.63) is 234 Å². The van der Waals surface area contributed by atoms with Crippen LogP contribution in [0.1, 0.15) is 111 Å². The number of halogens is 1. The van der Waals surface area contributed by atoms with Crippen molar-refractivity contribution in [3.63, 3.8) is 0 Å². The fourth-order valence-electron chi connectivity index (χ4n) is 5.98. The zero-order valence-corrected chi connectivity index (χ0v) is 41.4. The molecule has 0 saturated carbocycles. The minimum atomic E-state index is -0.283. The molecule has 0 spiro atoms. The molecule has 0 saturated heterocycles. The molecule has 7 heteroatoms. The van der Waals surface area contributed by atoms with Gasteiger partial charge in [-0.25, -0.2) is 4.79 Å². The first kappa shape index (κ1) is 58.9. The van der Waals surface area contributed by atoms with Crippen LogP contribution in [0.25, 0.3) is 16.7 Å². The van der Waals surface area contributed by atoms with Crippen LogP contribution < -0.4 is 0 Å². The number of aliphatic hydroxyl groups excluding tert-OH is 3. The van der Waals surface area contributed by atoms with Crippen molar-refractivity contribution in [3.8, 4) is 0 Å². The molecule has 6 aromatic carbocycles. The molecule has 3 N–H and O–H groups in total. The second-order valence-corrected chi connectivity index (χ2v) is 15.7. The molecule has 2 atom stereocenters. The van der Waals surface area contributed by atoms with Crippen molar-refractivity contribution in [2.24, 2.45) is 0 Å². The normalized spacial score (nSPS) is 11.6. The summed E-state index contributed by atoms with van der Waals surface area (Å²) in [7, 11) is 0. The van der Waals surface area contributed by atoms with Gasteiger partial charge in [0.05, 0.1) is 19.8 Å². The van der Waals surface area contributed by atoms with E-state index in [9.17, 15) is 9.59 Å². The van der Waals surface area contributed by atoms with E-state index in [4.69, 9.17) is 31.7 Å².